The van der Waals surface area contributed by atoms with E-state index in [0.717, 1.165) is 0 Å². The second-order valence-corrected chi connectivity index (χ2v) is 4.33. The van der Waals surface area contributed by atoms with Crippen molar-refractivity contribution >= 4 is 12.2 Å². The van der Waals surface area contributed by atoms with Crippen molar-refractivity contribution < 1.29 is 24.2 Å². The van der Waals surface area contributed by atoms with Gasteiger partial charge in [0, 0.05) is 5.56 Å². The van der Waals surface area contributed by atoms with E-state index in [2.05, 4.69) is 10.6 Å². The van der Waals surface area contributed by atoms with Gasteiger partial charge in [0.1, 0.15) is 5.82 Å². The summed E-state index contributed by atoms with van der Waals surface area (Å²) in [5, 5.41) is 22.0. The first-order valence-corrected chi connectivity index (χ1v) is 5.75. The minimum atomic E-state index is -1.32. The Hall–Kier alpha value is -2.31. The number of nitrogens with one attached hydrogen (secondary N) is 2. The topological polar surface area (TPSA) is 98.7 Å². The molecule has 0 saturated carbocycles. The van der Waals surface area contributed by atoms with Crippen LogP contribution in [0.25, 0.3) is 0 Å². The molecule has 0 bridgehead atoms. The van der Waals surface area contributed by atoms with E-state index in [1.54, 1.807) is 12.1 Å². The number of carboxylic acid groups (broad SMARTS) is 2. The third kappa shape index (κ3) is 2.75. The molecular weight excluding hydrogens is 255 g/mol. The van der Waals surface area contributed by atoms with Gasteiger partial charge in [-0.15, -0.1) is 0 Å². The molecule has 0 aromatic heterocycles. The fraction of sp³-hybridized carbons (Fsp3) is 0.333. The molecule has 102 valence electrons. The van der Waals surface area contributed by atoms with Crippen LogP contribution in [0, 0.1) is 5.82 Å². The average molecular weight is 268 g/mol. The molecule has 1 aliphatic carbocycles. The molecule has 1 aliphatic rings. The highest BCUT2D eigenvalue weighted by Gasteiger charge is 2.33. The Balaban J connectivity index is 2.39. The van der Waals surface area contributed by atoms with E-state index in [1.165, 1.54) is 6.07 Å². The molecule has 0 saturated heterocycles. The molecule has 19 heavy (non-hydrogen) atoms. The summed E-state index contributed by atoms with van der Waals surface area (Å²) >= 11 is 0. The van der Waals surface area contributed by atoms with Gasteiger partial charge in [0.2, 0.25) is 0 Å². The number of amides is 2. The Labute approximate surface area is 108 Å². The molecular formula is C12H13FN2O4. The molecule has 1 aromatic rings. The molecule has 1 aromatic carbocycles. The summed E-state index contributed by atoms with van der Waals surface area (Å²) in [5.41, 5.74) is 0.914. The van der Waals surface area contributed by atoms with Crippen LogP contribution in [-0.2, 0) is 6.42 Å². The van der Waals surface area contributed by atoms with Crippen molar-refractivity contribution in [1.29, 1.82) is 0 Å². The lowest BCUT2D eigenvalue weighted by atomic mass is 9.83. The maximum absolute atomic E-state index is 13.9. The summed E-state index contributed by atoms with van der Waals surface area (Å²) in [5.74, 6) is -0.534. The van der Waals surface area contributed by atoms with E-state index >= 15 is 0 Å². The number of hydrogen-bond donors (Lipinski definition) is 4. The van der Waals surface area contributed by atoms with Gasteiger partial charge in [-0.3, -0.25) is 0 Å². The van der Waals surface area contributed by atoms with Crippen LogP contribution in [0.5, 0.6) is 0 Å². The SMILES string of the molecule is O=C(O)N[C@@H]1CCc2cccc(F)c2[C@@H]1NC(=O)O. The van der Waals surface area contributed by atoms with E-state index in [-0.39, 0.29) is 5.56 Å². The molecule has 0 unspecified atom stereocenters. The fourth-order valence-corrected chi connectivity index (χ4v) is 2.45. The predicted molar refractivity (Wildman–Crippen MR) is 63.6 cm³/mol. The molecule has 2 atom stereocenters. The molecule has 0 heterocycles. The lowest BCUT2D eigenvalue weighted by Crippen LogP contribution is -2.48. The molecule has 2 rings (SSSR count). The minimum absolute atomic E-state index is 0.218. The maximum Gasteiger partial charge on any atom is 0.405 e. The van der Waals surface area contributed by atoms with Crippen LogP contribution in [-0.4, -0.2) is 28.4 Å². The second-order valence-electron chi connectivity index (χ2n) is 4.33. The first-order valence-electron chi connectivity index (χ1n) is 5.75. The number of rotatable bonds is 2. The lowest BCUT2D eigenvalue weighted by molar-refractivity contribution is 0.172. The van der Waals surface area contributed by atoms with Crippen LogP contribution in [0.15, 0.2) is 18.2 Å². The standard InChI is InChI=1S/C12H13FN2O4/c13-7-3-1-2-6-4-5-8(14-11(16)17)10(9(6)7)15-12(18)19/h1-3,8,10,14-15H,4-5H2,(H,16,17)(H,18,19)/t8-,10-/m1/s1. The summed E-state index contributed by atoms with van der Waals surface area (Å²) in [4.78, 5) is 21.5. The number of fused-ring (bicyclic) bond motifs is 1. The van der Waals surface area contributed by atoms with Gasteiger partial charge in [0.05, 0.1) is 12.1 Å². The Morgan fingerprint density at radius 2 is 1.89 bits per heavy atom. The smallest absolute Gasteiger partial charge is 0.405 e. The van der Waals surface area contributed by atoms with Crippen LogP contribution in [0.1, 0.15) is 23.6 Å². The molecule has 6 nitrogen and oxygen atoms in total. The summed E-state index contributed by atoms with van der Waals surface area (Å²) in [6.07, 6.45) is -1.68. The Bertz CT molecular complexity index is 520. The highest BCUT2D eigenvalue weighted by Crippen LogP contribution is 2.32. The fourth-order valence-electron chi connectivity index (χ4n) is 2.45. The minimum Gasteiger partial charge on any atom is -0.465 e. The zero-order valence-corrected chi connectivity index (χ0v) is 9.89. The van der Waals surface area contributed by atoms with Gasteiger partial charge in [-0.1, -0.05) is 12.1 Å². The van der Waals surface area contributed by atoms with Crippen molar-refractivity contribution in [3.05, 3.63) is 35.1 Å². The molecule has 0 aliphatic heterocycles. The van der Waals surface area contributed by atoms with E-state index in [1.807, 2.05) is 0 Å². The van der Waals surface area contributed by atoms with E-state index in [0.29, 0.717) is 18.4 Å². The zero-order valence-electron chi connectivity index (χ0n) is 9.89. The van der Waals surface area contributed by atoms with Crippen molar-refractivity contribution in [2.45, 2.75) is 24.9 Å². The average Bonchev–Trinajstić information content (AvgIpc) is 2.31. The number of benzene rings is 1. The molecule has 0 fully saturated rings. The largest absolute Gasteiger partial charge is 0.465 e. The third-order valence-corrected chi connectivity index (χ3v) is 3.17. The number of aryl methyl sites for hydroxylation is 1. The monoisotopic (exact) mass is 268 g/mol. The van der Waals surface area contributed by atoms with Crippen LogP contribution < -0.4 is 10.6 Å². The first kappa shape index (κ1) is 13.1. The second kappa shape index (κ2) is 5.13. The van der Waals surface area contributed by atoms with Crippen molar-refractivity contribution in [3.63, 3.8) is 0 Å². The molecule has 4 N–H and O–H groups in total. The van der Waals surface area contributed by atoms with E-state index in [4.69, 9.17) is 10.2 Å². The van der Waals surface area contributed by atoms with Gasteiger partial charge in [-0.25, -0.2) is 14.0 Å². The zero-order chi connectivity index (χ0) is 14.0. The van der Waals surface area contributed by atoms with Crippen molar-refractivity contribution in [2.75, 3.05) is 0 Å². The lowest BCUT2D eigenvalue weighted by Gasteiger charge is -2.33. The van der Waals surface area contributed by atoms with E-state index < -0.39 is 30.1 Å². The number of carbonyl (C=O) groups is 2. The van der Waals surface area contributed by atoms with Crippen molar-refractivity contribution in [3.8, 4) is 0 Å². The Morgan fingerprint density at radius 1 is 1.21 bits per heavy atom. The summed E-state index contributed by atoms with van der Waals surface area (Å²) < 4.78 is 13.9. The summed E-state index contributed by atoms with van der Waals surface area (Å²) in [6.45, 7) is 0. The normalized spacial score (nSPS) is 21.3. The highest BCUT2D eigenvalue weighted by atomic mass is 19.1. The van der Waals surface area contributed by atoms with Gasteiger partial charge >= 0.3 is 12.2 Å². The third-order valence-electron chi connectivity index (χ3n) is 3.17. The van der Waals surface area contributed by atoms with Gasteiger partial charge in [-0.2, -0.15) is 0 Å². The maximum atomic E-state index is 13.9. The van der Waals surface area contributed by atoms with Crippen molar-refractivity contribution in [1.82, 2.24) is 10.6 Å². The summed E-state index contributed by atoms with van der Waals surface area (Å²) in [6, 6.07) is 2.90. The Kier molecular flexibility index (Phi) is 3.55. The van der Waals surface area contributed by atoms with Gasteiger partial charge in [0.25, 0.3) is 0 Å². The molecule has 7 heteroatoms. The molecule has 0 spiro atoms. The first-order chi connectivity index (χ1) is 8.99. The molecule has 2 amide bonds. The number of halogens is 1. The van der Waals surface area contributed by atoms with Gasteiger partial charge in [-0.05, 0) is 24.5 Å². The van der Waals surface area contributed by atoms with Crippen LogP contribution in [0.2, 0.25) is 0 Å². The summed E-state index contributed by atoms with van der Waals surface area (Å²) in [7, 11) is 0. The predicted octanol–water partition coefficient (Wildman–Crippen LogP) is 1.72. The van der Waals surface area contributed by atoms with E-state index in [9.17, 15) is 14.0 Å². The Morgan fingerprint density at radius 3 is 2.53 bits per heavy atom. The van der Waals surface area contributed by atoms with Crippen LogP contribution in [0.3, 0.4) is 0 Å². The van der Waals surface area contributed by atoms with Gasteiger partial charge < -0.3 is 20.8 Å². The molecule has 0 radical (unpaired) electrons. The van der Waals surface area contributed by atoms with Crippen molar-refractivity contribution in [2.24, 2.45) is 0 Å². The van der Waals surface area contributed by atoms with Crippen LogP contribution >= 0.6 is 0 Å². The van der Waals surface area contributed by atoms with Crippen LogP contribution in [0.4, 0.5) is 14.0 Å². The number of hydrogen-bond acceptors (Lipinski definition) is 2. The highest BCUT2D eigenvalue weighted by molar-refractivity contribution is 5.67. The van der Waals surface area contributed by atoms with Gasteiger partial charge in [0.15, 0.2) is 0 Å². The quantitative estimate of drug-likeness (QED) is 0.656.